The Kier molecular flexibility index (Phi) is 3.73. The molecule has 0 radical (unpaired) electrons. The second-order valence-electron chi connectivity index (χ2n) is 7.41. The van der Waals surface area contributed by atoms with Crippen molar-refractivity contribution in [1.82, 2.24) is 34.9 Å². The van der Waals surface area contributed by atoms with E-state index in [1.54, 1.807) is 29.2 Å². The van der Waals surface area contributed by atoms with Gasteiger partial charge in [0, 0.05) is 47.5 Å². The molecule has 0 aliphatic heterocycles. The van der Waals surface area contributed by atoms with Crippen molar-refractivity contribution in [3.05, 3.63) is 73.1 Å². The Morgan fingerprint density at radius 3 is 2.58 bits per heavy atom. The predicted molar refractivity (Wildman–Crippen MR) is 117 cm³/mol. The Bertz CT molecular complexity index is 1560. The number of hydrogen-bond acceptors (Lipinski definition) is 4. The molecule has 0 saturated carbocycles. The average Bonchev–Trinajstić information content (AvgIpc) is 3.51. The fourth-order valence-electron chi connectivity index (χ4n) is 3.88. The first kappa shape index (κ1) is 17.5. The number of halogens is 1. The lowest BCUT2D eigenvalue weighted by Crippen LogP contribution is -1.84. The van der Waals surface area contributed by atoms with Crippen LogP contribution in [0.4, 0.5) is 4.39 Å². The summed E-state index contributed by atoms with van der Waals surface area (Å²) in [5.74, 6) is -0.260. The maximum Gasteiger partial charge on any atom is 0.181 e. The predicted octanol–water partition coefficient (Wildman–Crippen LogP) is 4.71. The first-order valence-corrected chi connectivity index (χ1v) is 9.73. The molecule has 5 heterocycles. The minimum Gasteiger partial charge on any atom is -0.338 e. The lowest BCUT2D eigenvalue weighted by Gasteiger charge is -2.02. The molecule has 7 nitrogen and oxygen atoms in total. The summed E-state index contributed by atoms with van der Waals surface area (Å²) in [6.07, 6.45) is 7.30. The number of nitrogens with zero attached hydrogens (tertiary/aromatic N) is 5. The summed E-state index contributed by atoms with van der Waals surface area (Å²) in [6.45, 7) is 0. The van der Waals surface area contributed by atoms with Gasteiger partial charge < -0.3 is 4.98 Å². The SMILES string of the molecule is Cn1cc(-c2cnc3n[nH]c(-c4cc5c(-c6ccc(F)cc6)ccnc5[nH]4)c3c2)cn1. The number of aryl methyl sites for hydroxylation is 1. The normalized spacial score (nSPS) is 11.5. The zero-order valence-electron chi connectivity index (χ0n) is 16.5. The second-order valence-corrected chi connectivity index (χ2v) is 7.41. The quantitative estimate of drug-likeness (QED) is 0.443. The lowest BCUT2D eigenvalue weighted by molar-refractivity contribution is 0.628. The second kappa shape index (κ2) is 6.60. The molecule has 0 bridgehead atoms. The van der Waals surface area contributed by atoms with E-state index in [0.717, 1.165) is 50.1 Å². The molecule has 2 N–H and O–H groups in total. The van der Waals surface area contributed by atoms with Gasteiger partial charge in [0.15, 0.2) is 5.65 Å². The molecule has 0 spiro atoms. The van der Waals surface area contributed by atoms with E-state index in [9.17, 15) is 4.39 Å². The largest absolute Gasteiger partial charge is 0.338 e. The van der Waals surface area contributed by atoms with Crippen LogP contribution >= 0.6 is 0 Å². The van der Waals surface area contributed by atoms with Crippen molar-refractivity contribution in [3.8, 4) is 33.6 Å². The maximum absolute atomic E-state index is 13.4. The van der Waals surface area contributed by atoms with E-state index in [1.165, 1.54) is 12.1 Å². The van der Waals surface area contributed by atoms with Crippen molar-refractivity contribution in [3.63, 3.8) is 0 Å². The molecule has 0 amide bonds. The van der Waals surface area contributed by atoms with Crippen LogP contribution in [0.1, 0.15) is 0 Å². The van der Waals surface area contributed by atoms with Crippen molar-refractivity contribution < 1.29 is 4.39 Å². The summed E-state index contributed by atoms with van der Waals surface area (Å²) < 4.78 is 15.1. The Morgan fingerprint density at radius 1 is 0.903 bits per heavy atom. The van der Waals surface area contributed by atoms with Gasteiger partial charge in [-0.3, -0.25) is 9.78 Å². The molecule has 1 aromatic carbocycles. The zero-order valence-corrected chi connectivity index (χ0v) is 16.5. The van der Waals surface area contributed by atoms with E-state index in [1.807, 2.05) is 31.6 Å². The molecule has 0 unspecified atom stereocenters. The highest BCUT2D eigenvalue weighted by Gasteiger charge is 2.15. The third-order valence-corrected chi connectivity index (χ3v) is 5.40. The minimum absolute atomic E-state index is 0.260. The van der Waals surface area contributed by atoms with Crippen LogP contribution in [0.25, 0.3) is 55.7 Å². The van der Waals surface area contributed by atoms with Crippen LogP contribution in [-0.2, 0) is 7.05 Å². The van der Waals surface area contributed by atoms with Crippen molar-refractivity contribution in [2.45, 2.75) is 0 Å². The molecular formula is C23H16FN7. The fraction of sp³-hybridized carbons (Fsp3) is 0.0435. The molecule has 0 fully saturated rings. The summed E-state index contributed by atoms with van der Waals surface area (Å²) in [5.41, 5.74) is 6.91. The molecule has 8 heteroatoms. The molecule has 0 saturated heterocycles. The van der Waals surface area contributed by atoms with Gasteiger partial charge >= 0.3 is 0 Å². The number of aromatic nitrogens is 7. The van der Waals surface area contributed by atoms with Crippen molar-refractivity contribution in [2.75, 3.05) is 0 Å². The Morgan fingerprint density at radius 2 is 1.77 bits per heavy atom. The standard InChI is InChI=1S/C23H16FN7/c1-31-12-15(11-27-31)14-8-19-21(29-30-23(19)26-10-14)20-9-18-17(6-7-25-22(18)28-20)13-2-4-16(24)5-3-13/h2-12H,1H3,(H,25,28)(H,26,29,30). The van der Waals surface area contributed by atoms with E-state index in [4.69, 9.17) is 0 Å². The fourth-order valence-corrected chi connectivity index (χ4v) is 3.88. The van der Waals surface area contributed by atoms with Crippen LogP contribution in [0, 0.1) is 5.82 Å². The summed E-state index contributed by atoms with van der Waals surface area (Å²) in [7, 11) is 1.88. The molecule has 0 aliphatic rings. The van der Waals surface area contributed by atoms with Crippen LogP contribution in [0.2, 0.25) is 0 Å². The molecule has 150 valence electrons. The third kappa shape index (κ3) is 2.88. The van der Waals surface area contributed by atoms with Crippen molar-refractivity contribution >= 4 is 22.1 Å². The number of rotatable bonds is 3. The smallest absolute Gasteiger partial charge is 0.181 e. The van der Waals surface area contributed by atoms with Crippen LogP contribution < -0.4 is 0 Å². The van der Waals surface area contributed by atoms with Gasteiger partial charge in [0.25, 0.3) is 0 Å². The number of pyridine rings is 2. The summed E-state index contributed by atoms with van der Waals surface area (Å²) in [6, 6.07) is 12.5. The Hall–Kier alpha value is -4.33. The van der Waals surface area contributed by atoms with Crippen LogP contribution in [-0.4, -0.2) is 34.9 Å². The summed E-state index contributed by atoms with van der Waals surface area (Å²) in [5, 5.41) is 13.5. The van der Waals surface area contributed by atoms with E-state index in [2.05, 4.69) is 36.3 Å². The molecule has 31 heavy (non-hydrogen) atoms. The first-order valence-electron chi connectivity index (χ1n) is 9.73. The minimum atomic E-state index is -0.260. The van der Waals surface area contributed by atoms with E-state index in [-0.39, 0.29) is 5.82 Å². The zero-order chi connectivity index (χ0) is 20.9. The number of H-pyrrole nitrogens is 2. The molecule has 6 rings (SSSR count). The summed E-state index contributed by atoms with van der Waals surface area (Å²) >= 11 is 0. The highest BCUT2D eigenvalue weighted by molar-refractivity contribution is 5.99. The molecular weight excluding hydrogens is 393 g/mol. The van der Waals surface area contributed by atoms with E-state index in [0.29, 0.717) is 5.65 Å². The van der Waals surface area contributed by atoms with Gasteiger partial charge in [-0.15, -0.1) is 0 Å². The van der Waals surface area contributed by atoms with Gasteiger partial charge in [-0.25, -0.2) is 14.4 Å². The number of nitrogens with one attached hydrogen (secondary N) is 2. The number of aromatic amines is 2. The number of hydrogen-bond donors (Lipinski definition) is 2. The van der Waals surface area contributed by atoms with Gasteiger partial charge in [-0.2, -0.15) is 10.2 Å². The first-order chi connectivity index (χ1) is 15.2. The van der Waals surface area contributed by atoms with Crippen LogP contribution in [0.3, 0.4) is 0 Å². The topological polar surface area (TPSA) is 88.1 Å². The van der Waals surface area contributed by atoms with E-state index >= 15 is 0 Å². The Balaban J connectivity index is 1.50. The summed E-state index contributed by atoms with van der Waals surface area (Å²) in [4.78, 5) is 12.3. The van der Waals surface area contributed by atoms with Gasteiger partial charge in [-0.1, -0.05) is 12.1 Å². The van der Waals surface area contributed by atoms with Crippen LogP contribution in [0.5, 0.6) is 0 Å². The van der Waals surface area contributed by atoms with Crippen LogP contribution in [0.15, 0.2) is 67.3 Å². The van der Waals surface area contributed by atoms with Gasteiger partial charge in [-0.05, 0) is 41.5 Å². The van der Waals surface area contributed by atoms with Gasteiger partial charge in [0.05, 0.1) is 17.6 Å². The number of fused-ring (bicyclic) bond motifs is 2. The molecule has 0 atom stereocenters. The van der Waals surface area contributed by atoms with Crippen molar-refractivity contribution in [1.29, 1.82) is 0 Å². The monoisotopic (exact) mass is 409 g/mol. The third-order valence-electron chi connectivity index (χ3n) is 5.40. The molecule has 0 aliphatic carbocycles. The maximum atomic E-state index is 13.4. The molecule has 5 aromatic heterocycles. The number of benzene rings is 1. The lowest BCUT2D eigenvalue weighted by atomic mass is 10.0. The average molecular weight is 409 g/mol. The van der Waals surface area contributed by atoms with Gasteiger partial charge in [0.1, 0.15) is 11.5 Å². The van der Waals surface area contributed by atoms with E-state index < -0.39 is 0 Å². The van der Waals surface area contributed by atoms with Crippen molar-refractivity contribution in [2.24, 2.45) is 7.05 Å². The molecule has 6 aromatic rings. The highest BCUT2D eigenvalue weighted by atomic mass is 19.1. The van der Waals surface area contributed by atoms with Gasteiger partial charge in [0.2, 0.25) is 0 Å². The highest BCUT2D eigenvalue weighted by Crippen LogP contribution is 2.34. The Labute approximate surface area is 175 Å².